The summed E-state index contributed by atoms with van der Waals surface area (Å²) in [5.41, 5.74) is 0.398. The van der Waals surface area contributed by atoms with E-state index in [1.54, 1.807) is 31.4 Å². The van der Waals surface area contributed by atoms with Gasteiger partial charge in [0, 0.05) is 35.2 Å². The van der Waals surface area contributed by atoms with Crippen molar-refractivity contribution in [1.82, 2.24) is 9.55 Å². The summed E-state index contributed by atoms with van der Waals surface area (Å²) in [6, 6.07) is 13.4. The van der Waals surface area contributed by atoms with E-state index in [0.29, 0.717) is 17.0 Å². The molecule has 7 nitrogen and oxygen atoms in total. The second-order valence-electron chi connectivity index (χ2n) is 7.00. The molecule has 8 heteroatoms. The van der Waals surface area contributed by atoms with E-state index in [1.165, 1.54) is 47.4 Å². The summed E-state index contributed by atoms with van der Waals surface area (Å²) < 4.78 is 20.4. The fourth-order valence-electron chi connectivity index (χ4n) is 3.35. The predicted octanol–water partition coefficient (Wildman–Crippen LogP) is 3.41. The summed E-state index contributed by atoms with van der Waals surface area (Å²) >= 11 is 0. The third-order valence-electron chi connectivity index (χ3n) is 4.92. The zero-order valence-electron chi connectivity index (χ0n) is 17.0. The number of ether oxygens (including phenoxy) is 1. The predicted molar refractivity (Wildman–Crippen MR) is 117 cm³/mol. The van der Waals surface area contributed by atoms with Gasteiger partial charge in [0.1, 0.15) is 18.1 Å². The molecule has 2 aromatic carbocycles. The molecule has 0 atom stereocenters. The van der Waals surface area contributed by atoms with Crippen LogP contribution in [0.2, 0.25) is 0 Å². The van der Waals surface area contributed by atoms with Crippen molar-refractivity contribution in [3.8, 4) is 5.75 Å². The monoisotopic (exact) mass is 431 g/mol. The van der Waals surface area contributed by atoms with Crippen LogP contribution in [0.15, 0.2) is 78.0 Å². The third-order valence-corrected chi connectivity index (χ3v) is 4.92. The molecule has 0 fully saturated rings. The molecule has 0 radical (unpaired) electrons. The Labute approximate surface area is 182 Å². The summed E-state index contributed by atoms with van der Waals surface area (Å²) in [6.07, 6.45) is 4.21. The first kappa shape index (κ1) is 20.9. The smallest absolute Gasteiger partial charge is 0.244 e. The minimum atomic E-state index is -0.614. The highest BCUT2D eigenvalue weighted by Gasteiger charge is 2.18. The molecular weight excluding hydrogens is 413 g/mol. The number of carbonyl (C=O) groups is 2. The van der Waals surface area contributed by atoms with Crippen molar-refractivity contribution < 1.29 is 18.7 Å². The summed E-state index contributed by atoms with van der Waals surface area (Å²) in [7, 11) is 1.54. The number of methoxy groups -OCH3 is 1. The van der Waals surface area contributed by atoms with E-state index in [-0.39, 0.29) is 29.0 Å². The van der Waals surface area contributed by atoms with Crippen molar-refractivity contribution in [3.05, 3.63) is 100 Å². The Morgan fingerprint density at radius 1 is 1.06 bits per heavy atom. The number of benzene rings is 2. The lowest BCUT2D eigenvalue weighted by molar-refractivity contribution is -0.116. The number of aromatic nitrogens is 2. The molecule has 0 aliphatic carbocycles. The average Bonchev–Trinajstić information content (AvgIpc) is 2.81. The molecule has 4 aromatic rings. The number of carbonyl (C=O) groups excluding carboxylic acids is 2. The summed E-state index contributed by atoms with van der Waals surface area (Å²) in [5.74, 6) is -0.882. The molecule has 0 aliphatic heterocycles. The minimum Gasteiger partial charge on any atom is -0.497 e. The quantitative estimate of drug-likeness (QED) is 0.473. The molecule has 1 N–H and O–H groups in total. The lowest BCUT2D eigenvalue weighted by Gasteiger charge is -2.14. The van der Waals surface area contributed by atoms with Crippen LogP contribution < -0.4 is 15.5 Å². The molecule has 4 rings (SSSR count). The maximum absolute atomic E-state index is 13.9. The van der Waals surface area contributed by atoms with Gasteiger partial charge < -0.3 is 14.6 Å². The number of nitrogens with zero attached hydrogens (tertiary/aromatic N) is 2. The highest BCUT2D eigenvalue weighted by Crippen LogP contribution is 2.18. The van der Waals surface area contributed by atoms with Crippen LogP contribution in [0.3, 0.4) is 0 Å². The van der Waals surface area contributed by atoms with E-state index >= 15 is 0 Å². The summed E-state index contributed by atoms with van der Waals surface area (Å²) in [4.78, 5) is 42.4. The second-order valence-corrected chi connectivity index (χ2v) is 7.00. The van der Waals surface area contributed by atoms with Gasteiger partial charge >= 0.3 is 0 Å². The van der Waals surface area contributed by atoms with Gasteiger partial charge in [0.2, 0.25) is 11.3 Å². The number of nitrogens with one attached hydrogen (secondary N) is 1. The van der Waals surface area contributed by atoms with E-state index in [4.69, 9.17) is 4.74 Å². The van der Waals surface area contributed by atoms with Crippen molar-refractivity contribution >= 4 is 28.3 Å². The third kappa shape index (κ3) is 4.24. The number of hydrogen-bond donors (Lipinski definition) is 1. The van der Waals surface area contributed by atoms with Gasteiger partial charge in [0.15, 0.2) is 5.78 Å². The van der Waals surface area contributed by atoms with Crippen LogP contribution in [0.1, 0.15) is 15.9 Å². The maximum Gasteiger partial charge on any atom is 0.244 e. The van der Waals surface area contributed by atoms with Crippen molar-refractivity contribution in [2.24, 2.45) is 0 Å². The van der Waals surface area contributed by atoms with Gasteiger partial charge in [-0.05, 0) is 54.6 Å². The van der Waals surface area contributed by atoms with Gasteiger partial charge in [-0.1, -0.05) is 0 Å². The van der Waals surface area contributed by atoms with Gasteiger partial charge in [-0.15, -0.1) is 0 Å². The Hall–Kier alpha value is -4.33. The largest absolute Gasteiger partial charge is 0.497 e. The Morgan fingerprint density at radius 3 is 2.47 bits per heavy atom. The lowest BCUT2D eigenvalue weighted by atomic mass is 10.0. The highest BCUT2D eigenvalue weighted by molar-refractivity contribution is 6.10. The SMILES string of the molecule is COc1ccc(NC(=O)Cn2cc(C(=O)c3ccncc3)c(=O)c3cc(F)ccc32)cc1. The molecule has 0 bridgehead atoms. The number of halogens is 1. The number of rotatable bonds is 6. The van der Waals surface area contributed by atoms with Crippen LogP contribution in [0.4, 0.5) is 10.1 Å². The molecule has 2 aromatic heterocycles. The molecule has 0 aliphatic rings. The van der Waals surface area contributed by atoms with E-state index in [0.717, 1.165) is 6.07 Å². The van der Waals surface area contributed by atoms with Crippen LogP contribution in [-0.4, -0.2) is 28.4 Å². The summed E-state index contributed by atoms with van der Waals surface area (Å²) in [6.45, 7) is -0.189. The molecule has 0 saturated heterocycles. The number of ketones is 1. The minimum absolute atomic E-state index is 0.0159. The second kappa shape index (κ2) is 8.81. The van der Waals surface area contributed by atoms with Crippen molar-refractivity contribution in [3.63, 3.8) is 0 Å². The molecule has 2 heterocycles. The lowest BCUT2D eigenvalue weighted by Crippen LogP contribution is -2.24. The highest BCUT2D eigenvalue weighted by atomic mass is 19.1. The standard InChI is InChI=1S/C24H18FN3O4/c1-32-18-5-3-17(4-6-18)27-22(29)14-28-13-20(23(30)15-8-10-26-11-9-15)24(31)19-12-16(25)2-7-21(19)28/h2-13H,14H2,1H3,(H,27,29). The first-order chi connectivity index (χ1) is 15.5. The van der Waals surface area contributed by atoms with Crippen molar-refractivity contribution in [2.75, 3.05) is 12.4 Å². The molecule has 160 valence electrons. The van der Waals surface area contributed by atoms with E-state index < -0.39 is 17.0 Å². The summed E-state index contributed by atoms with van der Waals surface area (Å²) in [5, 5.41) is 2.77. The van der Waals surface area contributed by atoms with Crippen LogP contribution in [0.5, 0.6) is 5.75 Å². The van der Waals surface area contributed by atoms with E-state index in [2.05, 4.69) is 10.3 Å². The average molecular weight is 431 g/mol. The van der Waals surface area contributed by atoms with Crippen LogP contribution in [-0.2, 0) is 11.3 Å². The van der Waals surface area contributed by atoms with Crippen molar-refractivity contribution in [1.29, 1.82) is 0 Å². The first-order valence-corrected chi connectivity index (χ1v) is 9.67. The topological polar surface area (TPSA) is 90.3 Å². The van der Waals surface area contributed by atoms with Gasteiger partial charge in [-0.25, -0.2) is 4.39 Å². The molecule has 0 saturated carbocycles. The fraction of sp³-hybridized carbons (Fsp3) is 0.0833. The van der Waals surface area contributed by atoms with Gasteiger partial charge in [0.25, 0.3) is 0 Å². The van der Waals surface area contributed by atoms with Gasteiger partial charge in [-0.3, -0.25) is 19.4 Å². The van der Waals surface area contributed by atoms with Crippen molar-refractivity contribution in [2.45, 2.75) is 6.54 Å². The molecular formula is C24H18FN3O4. The number of amides is 1. The zero-order valence-corrected chi connectivity index (χ0v) is 17.0. The Kier molecular flexibility index (Phi) is 5.76. The number of hydrogen-bond acceptors (Lipinski definition) is 5. The molecule has 0 spiro atoms. The van der Waals surface area contributed by atoms with Gasteiger partial charge in [-0.2, -0.15) is 0 Å². The maximum atomic E-state index is 13.9. The fourth-order valence-corrected chi connectivity index (χ4v) is 3.35. The molecule has 0 unspecified atom stereocenters. The Morgan fingerprint density at radius 2 is 1.78 bits per heavy atom. The van der Waals surface area contributed by atoms with Gasteiger partial charge in [0.05, 0.1) is 18.2 Å². The molecule has 1 amide bonds. The first-order valence-electron chi connectivity index (χ1n) is 9.67. The number of pyridine rings is 2. The number of fused-ring (bicyclic) bond motifs is 1. The normalized spacial score (nSPS) is 10.7. The van der Waals surface area contributed by atoms with Crippen LogP contribution in [0, 0.1) is 5.82 Å². The zero-order chi connectivity index (χ0) is 22.7. The molecule has 32 heavy (non-hydrogen) atoms. The van der Waals surface area contributed by atoms with Crippen LogP contribution in [0.25, 0.3) is 10.9 Å². The van der Waals surface area contributed by atoms with Crippen LogP contribution >= 0.6 is 0 Å². The number of anilines is 1. The Balaban J connectivity index is 1.72. The van der Waals surface area contributed by atoms with E-state index in [9.17, 15) is 18.8 Å². The van der Waals surface area contributed by atoms with E-state index in [1.807, 2.05) is 0 Å². The Bertz CT molecular complexity index is 1370.